The molecule has 0 atom stereocenters. The molecule has 0 saturated heterocycles. The van der Waals surface area contributed by atoms with Crippen LogP contribution < -0.4 is 0 Å². The van der Waals surface area contributed by atoms with Crippen LogP contribution in [0.1, 0.15) is 13.3 Å². The van der Waals surface area contributed by atoms with Crippen molar-refractivity contribution >= 4 is 0 Å². The lowest BCUT2D eigenvalue weighted by molar-refractivity contribution is 0.864. The van der Waals surface area contributed by atoms with Crippen LogP contribution in [0, 0.1) is 17.8 Å². The van der Waals surface area contributed by atoms with Crippen LogP contribution in [0.25, 0.3) is 0 Å². The van der Waals surface area contributed by atoms with Gasteiger partial charge in [0.1, 0.15) is 0 Å². The Hall–Kier alpha value is -0.960. The predicted molar refractivity (Wildman–Crippen MR) is 39.8 cm³/mol. The molecule has 0 aromatic heterocycles. The molecule has 0 spiro atoms. The fourth-order valence-electron chi connectivity index (χ4n) is 0.834. The Balaban J connectivity index is 2.34. The van der Waals surface area contributed by atoms with E-state index in [2.05, 4.69) is 36.1 Å². The molecular formula is C9H10. The Morgan fingerprint density at radius 1 is 1.33 bits per heavy atom. The first-order valence-electron chi connectivity index (χ1n) is 3.18. The molecule has 0 heterocycles. The Kier molecular flexibility index (Phi) is 2.15. The fraction of sp³-hybridized carbons (Fsp3) is 0.333. The third kappa shape index (κ3) is 1.77. The van der Waals surface area contributed by atoms with Crippen molar-refractivity contribution in [2.75, 3.05) is 0 Å². The predicted octanol–water partition coefficient (Wildman–Crippen LogP) is 2.14. The van der Waals surface area contributed by atoms with Crippen LogP contribution in [0.5, 0.6) is 0 Å². The van der Waals surface area contributed by atoms with Crippen molar-refractivity contribution in [1.82, 2.24) is 0 Å². The van der Waals surface area contributed by atoms with E-state index in [9.17, 15) is 0 Å². The third-order valence-corrected chi connectivity index (χ3v) is 1.34. The van der Waals surface area contributed by atoms with Crippen molar-refractivity contribution < 1.29 is 0 Å². The minimum Gasteiger partial charge on any atom is -0.107 e. The molecule has 0 saturated carbocycles. The van der Waals surface area contributed by atoms with Crippen LogP contribution in [0.4, 0.5) is 0 Å². The van der Waals surface area contributed by atoms with Gasteiger partial charge >= 0.3 is 0 Å². The average Bonchev–Trinajstić information content (AvgIpc) is 2.34. The molecule has 0 bridgehead atoms. The van der Waals surface area contributed by atoms with Gasteiger partial charge in [0.2, 0.25) is 0 Å². The van der Waals surface area contributed by atoms with Gasteiger partial charge < -0.3 is 0 Å². The van der Waals surface area contributed by atoms with Crippen molar-refractivity contribution in [3.8, 4) is 11.8 Å². The molecule has 0 radical (unpaired) electrons. The molecule has 0 nitrogen and oxygen atoms in total. The molecule has 1 aliphatic rings. The summed E-state index contributed by atoms with van der Waals surface area (Å²) in [5, 5.41) is 0. The van der Waals surface area contributed by atoms with E-state index in [0.717, 1.165) is 6.42 Å². The minimum absolute atomic E-state index is 0.581. The molecule has 0 amide bonds. The van der Waals surface area contributed by atoms with Crippen molar-refractivity contribution in [2.45, 2.75) is 13.3 Å². The topological polar surface area (TPSA) is 0 Å². The van der Waals surface area contributed by atoms with Gasteiger partial charge in [-0.3, -0.25) is 0 Å². The van der Waals surface area contributed by atoms with E-state index in [1.54, 1.807) is 0 Å². The molecule has 9 heavy (non-hydrogen) atoms. The molecule has 46 valence electrons. The average molecular weight is 118 g/mol. The van der Waals surface area contributed by atoms with Crippen molar-refractivity contribution in [3.63, 3.8) is 0 Å². The molecule has 0 aliphatic heterocycles. The zero-order chi connectivity index (χ0) is 6.53. The normalized spacial score (nSPS) is 15.7. The second kappa shape index (κ2) is 3.14. The summed E-state index contributed by atoms with van der Waals surface area (Å²) in [5.74, 6) is 6.50. The maximum absolute atomic E-state index is 3.04. The smallest absolute Gasteiger partial charge is 0.0187 e. The zero-order valence-corrected chi connectivity index (χ0v) is 5.59. The summed E-state index contributed by atoms with van der Waals surface area (Å²) in [6.45, 7) is 1.88. The number of hydrogen-bond donors (Lipinski definition) is 0. The highest BCUT2D eigenvalue weighted by molar-refractivity contribution is 5.19. The number of allylic oxidation sites excluding steroid dienone is 4. The lowest BCUT2D eigenvalue weighted by atomic mass is 10.1. The molecule has 0 aromatic rings. The molecule has 1 aliphatic carbocycles. The quantitative estimate of drug-likeness (QED) is 0.463. The van der Waals surface area contributed by atoms with Gasteiger partial charge in [0.25, 0.3) is 0 Å². The van der Waals surface area contributed by atoms with Gasteiger partial charge in [-0.15, -0.1) is 11.8 Å². The van der Waals surface area contributed by atoms with E-state index < -0.39 is 0 Å². The van der Waals surface area contributed by atoms with Gasteiger partial charge in [-0.1, -0.05) is 24.3 Å². The highest BCUT2D eigenvalue weighted by atomic mass is 14.0. The second-order valence-electron chi connectivity index (χ2n) is 2.06. The Morgan fingerprint density at radius 2 is 2.00 bits per heavy atom. The lowest BCUT2D eigenvalue weighted by Crippen LogP contribution is -1.84. The van der Waals surface area contributed by atoms with E-state index in [0.29, 0.717) is 5.92 Å². The van der Waals surface area contributed by atoms with Crippen LogP contribution >= 0.6 is 0 Å². The molecule has 0 fully saturated rings. The largest absolute Gasteiger partial charge is 0.107 e. The lowest BCUT2D eigenvalue weighted by Gasteiger charge is -1.94. The van der Waals surface area contributed by atoms with Crippen LogP contribution in [-0.4, -0.2) is 0 Å². The Labute approximate surface area is 56.3 Å². The van der Waals surface area contributed by atoms with E-state index in [-0.39, 0.29) is 0 Å². The van der Waals surface area contributed by atoms with Crippen LogP contribution in [0.15, 0.2) is 24.3 Å². The van der Waals surface area contributed by atoms with Gasteiger partial charge in [-0.2, -0.15) is 0 Å². The highest BCUT2D eigenvalue weighted by Gasteiger charge is 1.98. The zero-order valence-electron chi connectivity index (χ0n) is 5.59. The van der Waals surface area contributed by atoms with Crippen LogP contribution in [0.2, 0.25) is 0 Å². The monoisotopic (exact) mass is 118 g/mol. The Morgan fingerprint density at radius 3 is 2.56 bits per heavy atom. The summed E-state index contributed by atoms with van der Waals surface area (Å²) in [6.07, 6.45) is 9.46. The number of rotatable bonds is 1. The highest BCUT2D eigenvalue weighted by Crippen LogP contribution is 2.11. The molecule has 0 unspecified atom stereocenters. The third-order valence-electron chi connectivity index (χ3n) is 1.34. The van der Waals surface area contributed by atoms with E-state index >= 15 is 0 Å². The van der Waals surface area contributed by atoms with Crippen molar-refractivity contribution in [1.29, 1.82) is 0 Å². The van der Waals surface area contributed by atoms with Crippen molar-refractivity contribution in [3.05, 3.63) is 24.3 Å². The molecular weight excluding hydrogens is 108 g/mol. The molecule has 0 aromatic carbocycles. The van der Waals surface area contributed by atoms with Crippen LogP contribution in [0.3, 0.4) is 0 Å². The van der Waals surface area contributed by atoms with Gasteiger partial charge in [0.05, 0.1) is 0 Å². The van der Waals surface area contributed by atoms with Gasteiger partial charge in [-0.05, 0) is 6.92 Å². The number of hydrogen-bond acceptors (Lipinski definition) is 0. The molecule has 0 heteroatoms. The maximum atomic E-state index is 3.04. The Bertz CT molecular complexity index is 174. The van der Waals surface area contributed by atoms with Gasteiger partial charge in [0, 0.05) is 12.3 Å². The molecule has 0 N–H and O–H groups in total. The maximum Gasteiger partial charge on any atom is 0.0187 e. The van der Waals surface area contributed by atoms with E-state index in [1.807, 2.05) is 6.92 Å². The SMILES string of the molecule is CC#CCC1C=CC=C1. The van der Waals surface area contributed by atoms with Gasteiger partial charge in [0.15, 0.2) is 0 Å². The first-order valence-corrected chi connectivity index (χ1v) is 3.18. The standard InChI is InChI=1S/C9H10/c1-2-3-6-9-7-4-5-8-9/h4-5,7-9H,6H2,1H3. The van der Waals surface area contributed by atoms with E-state index in [1.165, 1.54) is 0 Å². The summed E-state index contributed by atoms with van der Waals surface area (Å²) in [4.78, 5) is 0. The van der Waals surface area contributed by atoms with Crippen LogP contribution in [-0.2, 0) is 0 Å². The summed E-state index contributed by atoms with van der Waals surface area (Å²) in [7, 11) is 0. The fourth-order valence-corrected chi connectivity index (χ4v) is 0.834. The second-order valence-corrected chi connectivity index (χ2v) is 2.06. The minimum atomic E-state index is 0.581. The molecule has 1 rings (SSSR count). The summed E-state index contributed by atoms with van der Waals surface area (Å²) < 4.78 is 0. The van der Waals surface area contributed by atoms with E-state index in [4.69, 9.17) is 0 Å². The summed E-state index contributed by atoms with van der Waals surface area (Å²) in [6, 6.07) is 0. The van der Waals surface area contributed by atoms with Gasteiger partial charge in [-0.25, -0.2) is 0 Å². The summed E-state index contributed by atoms with van der Waals surface area (Å²) >= 11 is 0. The first kappa shape index (κ1) is 6.16. The van der Waals surface area contributed by atoms with Crippen molar-refractivity contribution in [2.24, 2.45) is 5.92 Å². The summed E-state index contributed by atoms with van der Waals surface area (Å²) in [5.41, 5.74) is 0. The first-order chi connectivity index (χ1) is 4.43.